The van der Waals surface area contributed by atoms with Crippen molar-refractivity contribution in [3.8, 4) is 0 Å². The van der Waals surface area contributed by atoms with E-state index < -0.39 is 0 Å². The minimum absolute atomic E-state index is 0. The van der Waals surface area contributed by atoms with Crippen LogP contribution in [0.15, 0.2) is 29.3 Å². The molecule has 2 rings (SSSR count). The van der Waals surface area contributed by atoms with Crippen molar-refractivity contribution in [1.82, 2.24) is 15.5 Å². The van der Waals surface area contributed by atoms with Crippen molar-refractivity contribution in [1.29, 1.82) is 0 Å². The zero-order valence-corrected chi connectivity index (χ0v) is 19.2. The fourth-order valence-electron chi connectivity index (χ4n) is 3.11. The van der Waals surface area contributed by atoms with Crippen LogP contribution in [-0.2, 0) is 16.1 Å². The van der Waals surface area contributed by atoms with Gasteiger partial charge in [-0.2, -0.15) is 0 Å². The summed E-state index contributed by atoms with van der Waals surface area (Å²) in [5.41, 5.74) is 1.70. The third-order valence-electron chi connectivity index (χ3n) is 4.63. The number of benzene rings is 1. The molecule has 0 radical (unpaired) electrons. The Morgan fingerprint density at radius 3 is 2.25 bits per heavy atom. The number of hydrogen-bond acceptors (Lipinski definition) is 4. The fraction of sp³-hybridized carbons (Fsp3) is 0.550. The summed E-state index contributed by atoms with van der Waals surface area (Å²) >= 11 is 0. The summed E-state index contributed by atoms with van der Waals surface area (Å²) in [6.45, 7) is 7.43. The molecule has 1 aromatic carbocycles. The molecule has 0 saturated carbocycles. The van der Waals surface area contributed by atoms with E-state index in [1.54, 1.807) is 0 Å². The Hall–Kier alpha value is -1.84. The van der Waals surface area contributed by atoms with Gasteiger partial charge in [-0.15, -0.1) is 24.0 Å². The summed E-state index contributed by atoms with van der Waals surface area (Å²) < 4.78 is 4.85. The number of likely N-dealkylation sites (tertiary alicyclic amines) is 1. The molecule has 1 heterocycles. The molecule has 1 aliphatic heterocycles. The van der Waals surface area contributed by atoms with Gasteiger partial charge >= 0.3 is 5.97 Å². The number of halogens is 1. The van der Waals surface area contributed by atoms with Crippen LogP contribution in [-0.4, -0.2) is 56.0 Å². The predicted octanol–water partition coefficient (Wildman–Crippen LogP) is 2.40. The maximum atomic E-state index is 11.8. The lowest BCUT2D eigenvalue weighted by molar-refractivity contribution is -0.146. The van der Waals surface area contributed by atoms with Crippen molar-refractivity contribution in [2.45, 2.75) is 33.2 Å². The largest absolute Gasteiger partial charge is 0.469 e. The number of carbonyl (C=O) groups is 2. The Balaban J connectivity index is 0.00000392. The first-order valence-corrected chi connectivity index (χ1v) is 9.57. The van der Waals surface area contributed by atoms with E-state index in [2.05, 4.69) is 15.5 Å². The summed E-state index contributed by atoms with van der Waals surface area (Å²) in [4.78, 5) is 30.4. The zero-order chi connectivity index (χ0) is 19.6. The summed E-state index contributed by atoms with van der Waals surface area (Å²) in [5, 5.41) is 6.11. The second-order valence-corrected chi connectivity index (χ2v) is 6.51. The van der Waals surface area contributed by atoms with Gasteiger partial charge in [-0.25, -0.2) is 4.99 Å². The van der Waals surface area contributed by atoms with Gasteiger partial charge < -0.3 is 20.3 Å². The Morgan fingerprint density at radius 1 is 1.11 bits per heavy atom. The highest BCUT2D eigenvalue weighted by atomic mass is 127. The first kappa shape index (κ1) is 24.2. The van der Waals surface area contributed by atoms with Gasteiger partial charge in [0.05, 0.1) is 19.6 Å². The molecular formula is C20H31IN4O3. The van der Waals surface area contributed by atoms with Gasteiger partial charge in [0.2, 0.25) is 0 Å². The summed E-state index contributed by atoms with van der Waals surface area (Å²) in [6.07, 6.45) is 1.55. The van der Waals surface area contributed by atoms with Crippen molar-refractivity contribution in [2.75, 3.05) is 33.3 Å². The average Bonchev–Trinajstić information content (AvgIpc) is 2.71. The minimum atomic E-state index is -0.121. The smallest absolute Gasteiger partial charge is 0.308 e. The van der Waals surface area contributed by atoms with Gasteiger partial charge in [-0.3, -0.25) is 9.59 Å². The number of amides is 1. The highest BCUT2D eigenvalue weighted by Gasteiger charge is 2.26. The van der Waals surface area contributed by atoms with E-state index in [-0.39, 0.29) is 41.8 Å². The van der Waals surface area contributed by atoms with Crippen LogP contribution in [0, 0.1) is 5.92 Å². The van der Waals surface area contributed by atoms with E-state index in [0.717, 1.165) is 44.0 Å². The summed E-state index contributed by atoms with van der Waals surface area (Å²) in [7, 11) is 1.44. The topological polar surface area (TPSA) is 83.0 Å². The fourth-order valence-corrected chi connectivity index (χ4v) is 3.11. The molecule has 0 unspecified atom stereocenters. The Bertz CT molecular complexity index is 656. The van der Waals surface area contributed by atoms with Crippen LogP contribution in [0.5, 0.6) is 0 Å². The lowest BCUT2D eigenvalue weighted by Crippen LogP contribution is -2.46. The number of aliphatic imine (C=N–C) groups is 1. The molecule has 0 spiro atoms. The van der Waals surface area contributed by atoms with Crippen molar-refractivity contribution in [3.63, 3.8) is 0 Å². The van der Waals surface area contributed by atoms with E-state index in [1.165, 1.54) is 7.11 Å². The number of piperidine rings is 1. The molecule has 1 aromatic rings. The Morgan fingerprint density at radius 2 is 1.71 bits per heavy atom. The molecule has 1 aliphatic rings. The van der Waals surface area contributed by atoms with Gasteiger partial charge in [0.25, 0.3) is 5.91 Å². The second-order valence-electron chi connectivity index (χ2n) is 6.51. The number of rotatable bonds is 6. The molecule has 0 aromatic heterocycles. The number of guanidine groups is 1. The van der Waals surface area contributed by atoms with Crippen LogP contribution in [0.1, 0.15) is 42.6 Å². The van der Waals surface area contributed by atoms with Crippen LogP contribution >= 0.6 is 24.0 Å². The first-order valence-electron chi connectivity index (χ1n) is 9.57. The van der Waals surface area contributed by atoms with Crippen LogP contribution in [0.2, 0.25) is 0 Å². The van der Waals surface area contributed by atoms with E-state index in [9.17, 15) is 9.59 Å². The SMILES string of the molecule is CCNC(=O)c1ccc(CN=C(NCC)N2CCC(C(=O)OC)CC2)cc1.I. The second kappa shape index (κ2) is 12.6. The maximum Gasteiger partial charge on any atom is 0.308 e. The number of esters is 1. The zero-order valence-electron chi connectivity index (χ0n) is 16.9. The van der Waals surface area contributed by atoms with Crippen LogP contribution in [0.4, 0.5) is 0 Å². The lowest BCUT2D eigenvalue weighted by Gasteiger charge is -2.33. The summed E-state index contributed by atoms with van der Waals surface area (Å²) in [6, 6.07) is 7.51. The molecular weight excluding hydrogens is 471 g/mol. The number of nitrogens with zero attached hydrogens (tertiary/aromatic N) is 2. The van der Waals surface area contributed by atoms with Gasteiger partial charge in [0, 0.05) is 31.7 Å². The quantitative estimate of drug-likeness (QED) is 0.270. The molecule has 156 valence electrons. The van der Waals surface area contributed by atoms with Crippen LogP contribution in [0.25, 0.3) is 0 Å². The predicted molar refractivity (Wildman–Crippen MR) is 121 cm³/mol. The number of ether oxygens (including phenoxy) is 1. The van der Waals surface area contributed by atoms with Crippen molar-refractivity contribution in [2.24, 2.45) is 10.9 Å². The van der Waals surface area contributed by atoms with Gasteiger partial charge in [-0.1, -0.05) is 12.1 Å². The molecule has 0 aliphatic carbocycles. The van der Waals surface area contributed by atoms with E-state index in [4.69, 9.17) is 9.73 Å². The summed E-state index contributed by atoms with van der Waals surface area (Å²) in [5.74, 6) is 0.655. The Kier molecular flexibility index (Phi) is 10.9. The first-order chi connectivity index (χ1) is 13.1. The standard InChI is InChI=1S/C20H30N4O3.HI/c1-4-21-18(25)16-8-6-15(7-9-16)14-23-20(22-5-2)24-12-10-17(11-13-24)19(26)27-3;/h6-9,17H,4-5,10-14H2,1-3H3,(H,21,25)(H,22,23);1H. The minimum Gasteiger partial charge on any atom is -0.469 e. The third kappa shape index (κ3) is 6.96. The number of methoxy groups -OCH3 is 1. The van der Waals surface area contributed by atoms with Gasteiger partial charge in [0.15, 0.2) is 5.96 Å². The molecule has 1 amide bonds. The van der Waals surface area contributed by atoms with Crippen molar-refractivity contribution in [3.05, 3.63) is 35.4 Å². The van der Waals surface area contributed by atoms with E-state index in [0.29, 0.717) is 18.7 Å². The molecule has 0 atom stereocenters. The molecule has 1 fully saturated rings. The monoisotopic (exact) mass is 502 g/mol. The van der Waals surface area contributed by atoms with Gasteiger partial charge in [-0.05, 0) is 44.4 Å². The molecule has 8 heteroatoms. The molecule has 1 saturated heterocycles. The average molecular weight is 502 g/mol. The highest BCUT2D eigenvalue weighted by Crippen LogP contribution is 2.18. The van der Waals surface area contributed by atoms with E-state index in [1.807, 2.05) is 38.1 Å². The number of carbonyl (C=O) groups excluding carboxylic acids is 2. The number of hydrogen-bond donors (Lipinski definition) is 2. The highest BCUT2D eigenvalue weighted by molar-refractivity contribution is 14.0. The maximum absolute atomic E-state index is 11.8. The van der Waals surface area contributed by atoms with Crippen molar-refractivity contribution < 1.29 is 14.3 Å². The molecule has 0 bridgehead atoms. The molecule has 7 nitrogen and oxygen atoms in total. The normalized spacial score (nSPS) is 14.8. The van der Waals surface area contributed by atoms with Gasteiger partial charge in [0.1, 0.15) is 0 Å². The molecule has 2 N–H and O–H groups in total. The molecule has 28 heavy (non-hydrogen) atoms. The van der Waals surface area contributed by atoms with E-state index >= 15 is 0 Å². The Labute approximate surface area is 184 Å². The van der Waals surface area contributed by atoms with Crippen molar-refractivity contribution >= 4 is 41.8 Å². The van der Waals surface area contributed by atoms with Crippen LogP contribution in [0.3, 0.4) is 0 Å². The van der Waals surface area contributed by atoms with Crippen LogP contribution < -0.4 is 10.6 Å². The third-order valence-corrected chi connectivity index (χ3v) is 4.63. The number of nitrogens with one attached hydrogen (secondary N) is 2. The lowest BCUT2D eigenvalue weighted by atomic mass is 9.97.